The zero-order chi connectivity index (χ0) is 12.9. The van der Waals surface area contributed by atoms with E-state index in [1.165, 1.54) is 18.2 Å². The lowest BCUT2D eigenvalue weighted by atomic mass is 10.1. The molecule has 1 atom stereocenters. The summed E-state index contributed by atoms with van der Waals surface area (Å²) in [5.41, 5.74) is 0.428. The number of aromatic hydroxyl groups is 1. The SMILES string of the molecule is CC1(C)CC1c1noc(-c2cc(F)ccc2O)n1. The minimum Gasteiger partial charge on any atom is -0.507 e. The van der Waals surface area contributed by atoms with Gasteiger partial charge in [0, 0.05) is 5.92 Å². The van der Waals surface area contributed by atoms with Gasteiger partial charge in [-0.25, -0.2) is 4.39 Å². The molecule has 5 heteroatoms. The number of hydrogen-bond donors (Lipinski definition) is 1. The molecule has 1 aliphatic rings. The second kappa shape index (κ2) is 3.54. The third kappa shape index (κ3) is 1.75. The molecule has 0 aliphatic heterocycles. The van der Waals surface area contributed by atoms with Crippen molar-refractivity contribution in [1.82, 2.24) is 10.1 Å². The third-order valence-electron chi connectivity index (χ3n) is 3.46. The largest absolute Gasteiger partial charge is 0.507 e. The van der Waals surface area contributed by atoms with E-state index in [0.717, 1.165) is 6.42 Å². The summed E-state index contributed by atoms with van der Waals surface area (Å²) in [6.45, 7) is 4.26. The Morgan fingerprint density at radius 3 is 2.83 bits per heavy atom. The smallest absolute Gasteiger partial charge is 0.261 e. The summed E-state index contributed by atoms with van der Waals surface area (Å²) in [5.74, 6) is 0.546. The Morgan fingerprint density at radius 1 is 1.44 bits per heavy atom. The molecule has 0 radical (unpaired) electrons. The molecule has 0 amide bonds. The average Bonchev–Trinajstić information content (AvgIpc) is 2.77. The second-order valence-electron chi connectivity index (χ2n) is 5.36. The number of rotatable bonds is 2. The molecular formula is C13H13FN2O2. The predicted octanol–water partition coefficient (Wildman–Crippen LogP) is 3.09. The van der Waals surface area contributed by atoms with Gasteiger partial charge >= 0.3 is 0 Å². The van der Waals surface area contributed by atoms with Crippen molar-refractivity contribution in [3.05, 3.63) is 29.8 Å². The number of aromatic nitrogens is 2. The molecule has 94 valence electrons. The maximum absolute atomic E-state index is 13.1. The number of benzene rings is 1. The maximum atomic E-state index is 13.1. The molecule has 18 heavy (non-hydrogen) atoms. The van der Waals surface area contributed by atoms with E-state index in [2.05, 4.69) is 24.0 Å². The summed E-state index contributed by atoms with van der Waals surface area (Å²) in [6, 6.07) is 3.64. The van der Waals surface area contributed by atoms with Crippen LogP contribution in [0.3, 0.4) is 0 Å². The van der Waals surface area contributed by atoms with E-state index in [4.69, 9.17) is 4.52 Å². The minimum absolute atomic E-state index is 0.0679. The molecule has 3 rings (SSSR count). The lowest BCUT2D eigenvalue weighted by molar-refractivity contribution is 0.414. The van der Waals surface area contributed by atoms with Crippen LogP contribution < -0.4 is 0 Å². The molecule has 4 nitrogen and oxygen atoms in total. The summed E-state index contributed by atoms with van der Waals surface area (Å²) in [6.07, 6.45) is 1.01. The Bertz CT molecular complexity index is 607. The Kier molecular flexibility index (Phi) is 2.20. The van der Waals surface area contributed by atoms with E-state index >= 15 is 0 Å². The van der Waals surface area contributed by atoms with Gasteiger partial charge in [0.05, 0.1) is 5.56 Å². The van der Waals surface area contributed by atoms with E-state index in [0.29, 0.717) is 5.82 Å². The Morgan fingerprint density at radius 2 is 2.17 bits per heavy atom. The van der Waals surface area contributed by atoms with Crippen molar-refractivity contribution in [3.63, 3.8) is 0 Å². The van der Waals surface area contributed by atoms with Crippen molar-refractivity contribution in [2.45, 2.75) is 26.2 Å². The van der Waals surface area contributed by atoms with Gasteiger partial charge in [-0.15, -0.1) is 0 Å². The molecule has 1 saturated carbocycles. The monoisotopic (exact) mass is 248 g/mol. The average molecular weight is 248 g/mol. The van der Waals surface area contributed by atoms with Crippen LogP contribution in [-0.2, 0) is 0 Å². The maximum Gasteiger partial charge on any atom is 0.261 e. The highest BCUT2D eigenvalue weighted by Gasteiger charge is 2.49. The van der Waals surface area contributed by atoms with Gasteiger partial charge in [-0.2, -0.15) is 4.98 Å². The fraction of sp³-hybridized carbons (Fsp3) is 0.385. The normalized spacial score (nSPS) is 20.9. The van der Waals surface area contributed by atoms with Gasteiger partial charge in [0.2, 0.25) is 0 Å². The highest BCUT2D eigenvalue weighted by atomic mass is 19.1. The predicted molar refractivity (Wildman–Crippen MR) is 62.5 cm³/mol. The minimum atomic E-state index is -0.450. The Labute approximate surface area is 103 Å². The number of halogens is 1. The quantitative estimate of drug-likeness (QED) is 0.887. The molecule has 1 aromatic carbocycles. The first-order valence-electron chi connectivity index (χ1n) is 5.80. The highest BCUT2D eigenvalue weighted by Crippen LogP contribution is 2.57. The van der Waals surface area contributed by atoms with Gasteiger partial charge in [0.1, 0.15) is 11.6 Å². The van der Waals surface area contributed by atoms with Gasteiger partial charge in [-0.3, -0.25) is 0 Å². The summed E-state index contributed by atoms with van der Waals surface area (Å²) < 4.78 is 18.2. The van der Waals surface area contributed by atoms with Gasteiger partial charge in [0.15, 0.2) is 5.82 Å². The van der Waals surface area contributed by atoms with Crippen LogP contribution in [0.5, 0.6) is 5.75 Å². The lowest BCUT2D eigenvalue weighted by Gasteiger charge is -1.98. The fourth-order valence-electron chi connectivity index (χ4n) is 2.07. The van der Waals surface area contributed by atoms with E-state index in [9.17, 15) is 9.50 Å². The van der Waals surface area contributed by atoms with Gasteiger partial charge < -0.3 is 9.63 Å². The Balaban J connectivity index is 1.96. The van der Waals surface area contributed by atoms with Gasteiger partial charge in [0.25, 0.3) is 5.89 Å². The van der Waals surface area contributed by atoms with E-state index in [1.807, 2.05) is 0 Å². The summed E-state index contributed by atoms with van der Waals surface area (Å²) in [7, 11) is 0. The lowest BCUT2D eigenvalue weighted by Crippen LogP contribution is -1.92. The van der Waals surface area contributed by atoms with Crippen LogP contribution in [-0.4, -0.2) is 15.2 Å². The van der Waals surface area contributed by atoms with Crippen LogP contribution in [0.4, 0.5) is 4.39 Å². The summed E-state index contributed by atoms with van der Waals surface area (Å²) >= 11 is 0. The van der Waals surface area contributed by atoms with E-state index in [1.54, 1.807) is 0 Å². The van der Waals surface area contributed by atoms with Crippen molar-refractivity contribution in [2.24, 2.45) is 5.41 Å². The molecule has 0 spiro atoms. The van der Waals surface area contributed by atoms with Crippen molar-refractivity contribution in [3.8, 4) is 17.2 Å². The molecule has 1 heterocycles. The van der Waals surface area contributed by atoms with Crippen LogP contribution >= 0.6 is 0 Å². The highest BCUT2D eigenvalue weighted by molar-refractivity contribution is 5.62. The summed E-state index contributed by atoms with van der Waals surface area (Å²) in [5, 5.41) is 13.6. The molecule has 1 unspecified atom stereocenters. The zero-order valence-electron chi connectivity index (χ0n) is 10.1. The van der Waals surface area contributed by atoms with Crippen molar-refractivity contribution in [1.29, 1.82) is 0 Å². The molecule has 1 aliphatic carbocycles. The molecule has 1 aromatic heterocycles. The first-order chi connectivity index (χ1) is 8.47. The number of phenolic OH excluding ortho intramolecular Hbond substituents is 1. The third-order valence-corrected chi connectivity index (χ3v) is 3.46. The number of phenols is 1. The second-order valence-corrected chi connectivity index (χ2v) is 5.36. The molecular weight excluding hydrogens is 235 g/mol. The molecule has 0 saturated heterocycles. The van der Waals surface area contributed by atoms with Crippen molar-refractivity contribution >= 4 is 0 Å². The van der Waals surface area contributed by atoms with Gasteiger partial charge in [-0.1, -0.05) is 19.0 Å². The zero-order valence-corrected chi connectivity index (χ0v) is 10.1. The van der Waals surface area contributed by atoms with Crippen LogP contribution in [0.15, 0.2) is 22.7 Å². The standard InChI is InChI=1S/C13H13FN2O2/c1-13(2)6-9(13)11-15-12(18-16-11)8-5-7(14)3-4-10(8)17/h3-5,9,17H,6H2,1-2H3. The number of hydrogen-bond acceptors (Lipinski definition) is 4. The molecule has 2 aromatic rings. The van der Waals surface area contributed by atoms with Gasteiger partial charge in [-0.05, 0) is 30.0 Å². The van der Waals surface area contributed by atoms with Crippen molar-refractivity contribution in [2.75, 3.05) is 0 Å². The van der Waals surface area contributed by atoms with E-state index in [-0.39, 0.29) is 28.5 Å². The first-order valence-corrected chi connectivity index (χ1v) is 5.80. The number of nitrogens with zero attached hydrogens (tertiary/aromatic N) is 2. The van der Waals surface area contributed by atoms with Crippen molar-refractivity contribution < 1.29 is 14.0 Å². The van der Waals surface area contributed by atoms with Crippen LogP contribution in [0.1, 0.15) is 32.0 Å². The topological polar surface area (TPSA) is 59.2 Å². The molecule has 0 bridgehead atoms. The Hall–Kier alpha value is -1.91. The molecule has 1 N–H and O–H groups in total. The van der Waals surface area contributed by atoms with E-state index < -0.39 is 5.82 Å². The molecule has 1 fully saturated rings. The fourth-order valence-corrected chi connectivity index (χ4v) is 2.07. The first kappa shape index (κ1) is 11.2. The van der Waals surface area contributed by atoms with Crippen LogP contribution in [0.2, 0.25) is 0 Å². The van der Waals surface area contributed by atoms with Crippen LogP contribution in [0, 0.1) is 11.2 Å². The van der Waals surface area contributed by atoms with Crippen LogP contribution in [0.25, 0.3) is 11.5 Å². The summed E-state index contributed by atoms with van der Waals surface area (Å²) in [4.78, 5) is 4.24.